The minimum atomic E-state index is -0.302. The fraction of sp³-hybridized carbons (Fsp3) is 0.900. The van der Waals surface area contributed by atoms with E-state index < -0.39 is 0 Å². The number of amides is 1. The highest BCUT2D eigenvalue weighted by Gasteiger charge is 2.28. The molecule has 0 radical (unpaired) electrons. The molecule has 1 rings (SSSR count). The molecule has 6 heteroatoms. The van der Waals surface area contributed by atoms with Gasteiger partial charge in [0.2, 0.25) is 5.91 Å². The second kappa shape index (κ2) is 6.35. The van der Waals surface area contributed by atoms with Crippen LogP contribution in [-0.4, -0.2) is 41.7 Å². The lowest BCUT2D eigenvalue weighted by molar-refractivity contribution is -0.133. The summed E-state index contributed by atoms with van der Waals surface area (Å²) in [6, 6.07) is 0. The van der Waals surface area contributed by atoms with E-state index in [0.29, 0.717) is 19.5 Å². The Morgan fingerprint density at radius 3 is 3.06 bits per heavy atom. The average molecular weight is 226 g/mol. The third-order valence-corrected chi connectivity index (χ3v) is 2.98. The van der Waals surface area contributed by atoms with Gasteiger partial charge in [0.15, 0.2) is 0 Å². The second-order valence-electron chi connectivity index (χ2n) is 4.13. The molecule has 6 nitrogen and oxygen atoms in total. The normalized spacial score (nSPS) is 25.0. The number of carbonyl (C=O) groups excluding carboxylic acids is 1. The van der Waals surface area contributed by atoms with E-state index in [1.165, 1.54) is 0 Å². The van der Waals surface area contributed by atoms with Gasteiger partial charge >= 0.3 is 0 Å². The molecule has 90 valence electrons. The van der Waals surface area contributed by atoms with Gasteiger partial charge in [-0.2, -0.15) is 0 Å². The maximum atomic E-state index is 11.6. The van der Waals surface area contributed by atoms with Crippen LogP contribution in [0.15, 0.2) is 5.11 Å². The molecular weight excluding hydrogens is 208 g/mol. The van der Waals surface area contributed by atoms with Crippen molar-refractivity contribution in [3.63, 3.8) is 0 Å². The van der Waals surface area contributed by atoms with Gasteiger partial charge < -0.3 is 10.0 Å². The first kappa shape index (κ1) is 12.8. The topological polar surface area (TPSA) is 89.3 Å². The highest BCUT2D eigenvalue weighted by Crippen LogP contribution is 2.21. The van der Waals surface area contributed by atoms with Crippen molar-refractivity contribution >= 4 is 5.91 Å². The third-order valence-electron chi connectivity index (χ3n) is 2.98. The van der Waals surface area contributed by atoms with E-state index >= 15 is 0 Å². The van der Waals surface area contributed by atoms with E-state index in [-0.39, 0.29) is 24.5 Å². The van der Waals surface area contributed by atoms with Crippen LogP contribution in [-0.2, 0) is 4.79 Å². The minimum Gasteiger partial charge on any atom is -0.393 e. The quantitative estimate of drug-likeness (QED) is 0.445. The van der Waals surface area contributed by atoms with Gasteiger partial charge in [-0.15, -0.1) is 0 Å². The Labute approximate surface area is 94.9 Å². The molecule has 16 heavy (non-hydrogen) atoms. The summed E-state index contributed by atoms with van der Waals surface area (Å²) in [5.41, 5.74) is 8.14. The minimum absolute atomic E-state index is 0.120. The Kier molecular flexibility index (Phi) is 5.08. The fourth-order valence-corrected chi connectivity index (χ4v) is 2.09. The first-order chi connectivity index (χ1) is 7.69. The Hall–Kier alpha value is -1.26. The molecule has 0 spiro atoms. The largest absolute Gasteiger partial charge is 0.393 e. The standard InChI is InChI=1S/C10H18N4O2/c1-2-3-8-7-14(5-4-9(8)15)10(16)6-12-13-11/h8-9,15H,2-7H2,1H3. The van der Waals surface area contributed by atoms with Gasteiger partial charge in [-0.1, -0.05) is 18.5 Å². The van der Waals surface area contributed by atoms with E-state index in [0.717, 1.165) is 12.8 Å². The van der Waals surface area contributed by atoms with Crippen molar-refractivity contribution in [1.29, 1.82) is 0 Å². The number of carbonyl (C=O) groups is 1. The molecule has 0 bridgehead atoms. The van der Waals surface area contributed by atoms with Gasteiger partial charge in [-0.25, -0.2) is 0 Å². The molecule has 0 aliphatic carbocycles. The monoisotopic (exact) mass is 226 g/mol. The van der Waals surface area contributed by atoms with E-state index in [9.17, 15) is 9.90 Å². The van der Waals surface area contributed by atoms with E-state index in [1.54, 1.807) is 4.90 Å². The molecule has 0 aromatic heterocycles. The van der Waals surface area contributed by atoms with Crippen LogP contribution in [0.2, 0.25) is 0 Å². The van der Waals surface area contributed by atoms with Gasteiger partial charge in [0.05, 0.1) is 6.10 Å². The Morgan fingerprint density at radius 2 is 2.44 bits per heavy atom. The molecule has 0 saturated carbocycles. The second-order valence-corrected chi connectivity index (χ2v) is 4.13. The zero-order valence-electron chi connectivity index (χ0n) is 9.54. The van der Waals surface area contributed by atoms with E-state index in [1.807, 2.05) is 0 Å². The average Bonchev–Trinajstić information content (AvgIpc) is 2.29. The summed E-state index contributed by atoms with van der Waals surface area (Å²) >= 11 is 0. The molecule has 1 N–H and O–H groups in total. The third kappa shape index (κ3) is 3.40. The summed E-state index contributed by atoms with van der Waals surface area (Å²) in [6.45, 7) is 3.08. The zero-order valence-corrected chi connectivity index (χ0v) is 9.54. The highest BCUT2D eigenvalue weighted by atomic mass is 16.3. The van der Waals surface area contributed by atoms with Crippen LogP contribution in [0.25, 0.3) is 10.4 Å². The van der Waals surface area contributed by atoms with Gasteiger partial charge in [-0.3, -0.25) is 4.79 Å². The van der Waals surface area contributed by atoms with Crippen molar-refractivity contribution in [3.8, 4) is 0 Å². The maximum absolute atomic E-state index is 11.6. The van der Waals surface area contributed by atoms with Crippen molar-refractivity contribution in [2.75, 3.05) is 19.6 Å². The highest BCUT2D eigenvalue weighted by molar-refractivity contribution is 5.78. The van der Waals surface area contributed by atoms with Crippen LogP contribution < -0.4 is 0 Å². The molecule has 2 unspecified atom stereocenters. The SMILES string of the molecule is CCCC1CN(C(=O)CN=[N+]=[N-])CCC1O. The fourth-order valence-electron chi connectivity index (χ4n) is 2.09. The number of azide groups is 1. The van der Waals surface area contributed by atoms with E-state index in [2.05, 4.69) is 16.9 Å². The predicted octanol–water partition coefficient (Wildman–Crippen LogP) is 1.31. The number of hydrogen-bond acceptors (Lipinski definition) is 3. The summed E-state index contributed by atoms with van der Waals surface area (Å²) in [5, 5.41) is 13.0. The van der Waals surface area contributed by atoms with Gasteiger partial charge in [0.1, 0.15) is 6.54 Å². The van der Waals surface area contributed by atoms with Crippen LogP contribution in [0.3, 0.4) is 0 Å². The number of hydrogen-bond donors (Lipinski definition) is 1. The smallest absolute Gasteiger partial charge is 0.228 e. The summed E-state index contributed by atoms with van der Waals surface area (Å²) < 4.78 is 0. The van der Waals surface area contributed by atoms with Gasteiger partial charge in [0.25, 0.3) is 0 Å². The van der Waals surface area contributed by atoms with Crippen LogP contribution in [0, 0.1) is 5.92 Å². The summed E-state index contributed by atoms with van der Waals surface area (Å²) in [7, 11) is 0. The molecule has 1 aliphatic rings. The molecule has 1 heterocycles. The van der Waals surface area contributed by atoms with Crippen molar-refractivity contribution in [2.24, 2.45) is 11.0 Å². The van der Waals surface area contributed by atoms with Crippen molar-refractivity contribution in [3.05, 3.63) is 10.4 Å². The van der Waals surface area contributed by atoms with Crippen LogP contribution >= 0.6 is 0 Å². The maximum Gasteiger partial charge on any atom is 0.228 e. The predicted molar refractivity (Wildman–Crippen MR) is 59.6 cm³/mol. The lowest BCUT2D eigenvalue weighted by Gasteiger charge is -2.36. The number of piperidine rings is 1. The number of aliphatic hydroxyl groups excluding tert-OH is 1. The first-order valence-electron chi connectivity index (χ1n) is 5.65. The Bertz CT molecular complexity index is 289. The first-order valence-corrected chi connectivity index (χ1v) is 5.65. The van der Waals surface area contributed by atoms with Crippen molar-refractivity contribution < 1.29 is 9.90 Å². The molecular formula is C10H18N4O2. The zero-order chi connectivity index (χ0) is 12.0. The number of nitrogens with zero attached hydrogens (tertiary/aromatic N) is 4. The molecule has 1 aliphatic heterocycles. The van der Waals surface area contributed by atoms with Crippen molar-refractivity contribution in [1.82, 2.24) is 4.90 Å². The van der Waals surface area contributed by atoms with E-state index in [4.69, 9.17) is 5.53 Å². The molecule has 1 saturated heterocycles. The summed E-state index contributed by atoms with van der Waals surface area (Å²) in [4.78, 5) is 15.8. The number of likely N-dealkylation sites (tertiary alicyclic amines) is 1. The van der Waals surface area contributed by atoms with Gasteiger partial charge in [0, 0.05) is 23.9 Å². The molecule has 1 amide bonds. The molecule has 1 fully saturated rings. The lowest BCUT2D eigenvalue weighted by atomic mass is 9.91. The Balaban J connectivity index is 2.50. The van der Waals surface area contributed by atoms with Gasteiger partial charge in [-0.05, 0) is 18.4 Å². The van der Waals surface area contributed by atoms with Crippen LogP contribution in [0.5, 0.6) is 0 Å². The molecule has 0 aromatic carbocycles. The Morgan fingerprint density at radius 1 is 1.69 bits per heavy atom. The number of aliphatic hydroxyl groups is 1. The van der Waals surface area contributed by atoms with Crippen LogP contribution in [0.1, 0.15) is 26.2 Å². The lowest BCUT2D eigenvalue weighted by Crippen LogP contribution is -2.46. The molecule has 0 aromatic rings. The number of rotatable bonds is 4. The summed E-state index contributed by atoms with van der Waals surface area (Å²) in [5.74, 6) is 0.0135. The summed E-state index contributed by atoms with van der Waals surface area (Å²) in [6.07, 6.45) is 2.24. The van der Waals surface area contributed by atoms with Crippen LogP contribution in [0.4, 0.5) is 0 Å². The molecule has 2 atom stereocenters. The van der Waals surface area contributed by atoms with Crippen molar-refractivity contribution in [2.45, 2.75) is 32.3 Å².